The highest BCUT2D eigenvalue weighted by Crippen LogP contribution is 2.25. The van der Waals surface area contributed by atoms with Crippen molar-refractivity contribution < 1.29 is 23.1 Å². The first-order valence-electron chi connectivity index (χ1n) is 10.2. The second kappa shape index (κ2) is 11.4. The lowest BCUT2D eigenvalue weighted by Gasteiger charge is -2.34. The summed E-state index contributed by atoms with van der Waals surface area (Å²) in [5.74, 6) is -1.04. The van der Waals surface area contributed by atoms with Crippen LogP contribution in [0.4, 0.5) is 0 Å². The number of carbonyl (C=O) groups excluding carboxylic acids is 1. The molecule has 0 aromatic heterocycles. The Labute approximate surface area is 201 Å². The molecule has 0 radical (unpaired) electrons. The number of hydrogen-bond acceptors (Lipinski definition) is 5. The lowest BCUT2D eigenvalue weighted by Crippen LogP contribution is -2.50. The van der Waals surface area contributed by atoms with Crippen LogP contribution in [0.2, 0.25) is 0 Å². The van der Waals surface area contributed by atoms with E-state index in [1.807, 2.05) is 13.0 Å². The van der Waals surface area contributed by atoms with Crippen LogP contribution in [-0.4, -0.2) is 66.6 Å². The predicted octanol–water partition coefficient (Wildman–Crippen LogP) is 2.53. The fourth-order valence-corrected chi connectivity index (χ4v) is 5.43. The van der Waals surface area contributed by atoms with Crippen LogP contribution in [0, 0.1) is 5.41 Å². The molecule has 33 heavy (non-hydrogen) atoms. The zero-order valence-corrected chi connectivity index (χ0v) is 20.8. The monoisotopic (exact) mass is 538 g/mol. The summed E-state index contributed by atoms with van der Waals surface area (Å²) in [6, 6.07) is 11.7. The number of nitrogens with two attached hydrogens (primary N) is 1. The van der Waals surface area contributed by atoms with Gasteiger partial charge < -0.3 is 15.7 Å². The average molecular weight is 539 g/mol. The van der Waals surface area contributed by atoms with E-state index in [-0.39, 0.29) is 24.8 Å². The van der Waals surface area contributed by atoms with Gasteiger partial charge in [0.15, 0.2) is 0 Å². The maximum Gasteiger partial charge on any atom is 0.300 e. The average Bonchev–Trinajstić information content (AvgIpc) is 2.78. The van der Waals surface area contributed by atoms with E-state index in [1.54, 1.807) is 41.3 Å². The molecule has 1 heterocycles. The number of sulfonamides is 1. The maximum absolute atomic E-state index is 13.1. The number of aliphatic carboxylic acids is 1. The van der Waals surface area contributed by atoms with Gasteiger partial charge in [0, 0.05) is 48.7 Å². The Hall–Kier alpha value is -2.76. The highest BCUT2D eigenvalue weighted by Gasteiger charge is 2.31. The topological polar surface area (TPSA) is 145 Å². The summed E-state index contributed by atoms with van der Waals surface area (Å²) in [5.41, 5.74) is 7.25. The van der Waals surface area contributed by atoms with Gasteiger partial charge in [0.2, 0.25) is 10.0 Å². The number of halogens is 1. The minimum absolute atomic E-state index is 0.0535. The van der Waals surface area contributed by atoms with Crippen molar-refractivity contribution in [1.82, 2.24) is 9.21 Å². The molecule has 1 aliphatic heterocycles. The molecular weight excluding hydrogens is 512 g/mol. The number of carbonyl (C=O) groups is 2. The molecule has 0 bridgehead atoms. The van der Waals surface area contributed by atoms with Gasteiger partial charge in [-0.25, -0.2) is 8.42 Å². The molecule has 2 aromatic rings. The number of carboxylic acids is 1. The number of nitrogens with one attached hydrogen (secondary N) is 1. The second-order valence-corrected chi connectivity index (χ2v) is 10.1. The number of nitrogen functional groups attached to an aromatic ring is 1. The van der Waals surface area contributed by atoms with Gasteiger partial charge in [-0.15, -0.1) is 0 Å². The lowest BCUT2D eigenvalue weighted by molar-refractivity contribution is -0.134. The van der Waals surface area contributed by atoms with Gasteiger partial charge in [0.05, 0.1) is 4.90 Å². The molecule has 2 aromatic carbocycles. The molecule has 1 saturated heterocycles. The van der Waals surface area contributed by atoms with Crippen molar-refractivity contribution in [3.8, 4) is 0 Å². The molecule has 0 atom stereocenters. The molecule has 9 nitrogen and oxygen atoms in total. The highest BCUT2D eigenvalue weighted by atomic mass is 79.9. The SMILES string of the molecule is CC(=O)O.CCc1cc(Br)ccc1S(=O)(=O)N1CCN(C(=O)c2ccc(C(=N)N)cc2)CC1. The van der Waals surface area contributed by atoms with Gasteiger partial charge in [-0.05, 0) is 42.3 Å². The summed E-state index contributed by atoms with van der Waals surface area (Å²) < 4.78 is 28.5. The van der Waals surface area contributed by atoms with Crippen LogP contribution in [0.3, 0.4) is 0 Å². The molecule has 0 spiro atoms. The highest BCUT2D eigenvalue weighted by molar-refractivity contribution is 9.10. The van der Waals surface area contributed by atoms with Gasteiger partial charge in [-0.1, -0.05) is 35.0 Å². The number of carboxylic acid groups (broad SMARTS) is 1. The second-order valence-electron chi connectivity index (χ2n) is 7.31. The molecule has 1 fully saturated rings. The number of hydrogen-bond donors (Lipinski definition) is 3. The summed E-state index contributed by atoms with van der Waals surface area (Å²) in [6.45, 7) is 4.15. The van der Waals surface area contributed by atoms with E-state index in [2.05, 4.69) is 15.9 Å². The van der Waals surface area contributed by atoms with Crippen LogP contribution >= 0.6 is 15.9 Å². The van der Waals surface area contributed by atoms with Crippen LogP contribution in [0.5, 0.6) is 0 Å². The van der Waals surface area contributed by atoms with Crippen molar-refractivity contribution in [3.63, 3.8) is 0 Å². The first-order chi connectivity index (χ1) is 15.5. The summed E-state index contributed by atoms with van der Waals surface area (Å²) in [4.78, 5) is 23.7. The van der Waals surface area contributed by atoms with Crippen LogP contribution in [0.15, 0.2) is 51.8 Å². The first-order valence-corrected chi connectivity index (χ1v) is 12.4. The third-order valence-electron chi connectivity index (χ3n) is 4.99. The largest absolute Gasteiger partial charge is 0.481 e. The van der Waals surface area contributed by atoms with Crippen LogP contribution in [0.1, 0.15) is 35.3 Å². The van der Waals surface area contributed by atoms with E-state index in [9.17, 15) is 13.2 Å². The smallest absolute Gasteiger partial charge is 0.300 e. The number of piperazine rings is 1. The molecule has 3 rings (SSSR count). The van der Waals surface area contributed by atoms with Crippen molar-refractivity contribution in [2.75, 3.05) is 26.2 Å². The maximum atomic E-state index is 13.1. The zero-order valence-electron chi connectivity index (χ0n) is 18.4. The van der Waals surface area contributed by atoms with Crippen molar-refractivity contribution >= 4 is 43.7 Å². The van der Waals surface area contributed by atoms with Crippen molar-refractivity contribution in [3.05, 3.63) is 63.6 Å². The first kappa shape index (κ1) is 26.5. The fraction of sp³-hybridized carbons (Fsp3) is 0.318. The summed E-state index contributed by atoms with van der Waals surface area (Å²) in [6.07, 6.45) is 0.614. The van der Waals surface area contributed by atoms with E-state index in [4.69, 9.17) is 21.0 Å². The van der Waals surface area contributed by atoms with Crippen molar-refractivity contribution in [2.45, 2.75) is 25.2 Å². The third-order valence-corrected chi connectivity index (χ3v) is 7.48. The lowest BCUT2D eigenvalue weighted by atomic mass is 10.1. The summed E-state index contributed by atoms with van der Waals surface area (Å²) >= 11 is 3.39. The fourth-order valence-electron chi connectivity index (χ4n) is 3.32. The van der Waals surface area contributed by atoms with Gasteiger partial charge in [-0.3, -0.25) is 15.0 Å². The number of nitrogens with zero attached hydrogens (tertiary/aromatic N) is 2. The minimum Gasteiger partial charge on any atom is -0.481 e. The minimum atomic E-state index is -3.61. The van der Waals surface area contributed by atoms with Crippen molar-refractivity contribution in [2.24, 2.45) is 5.73 Å². The van der Waals surface area contributed by atoms with Gasteiger partial charge in [-0.2, -0.15) is 4.31 Å². The van der Waals surface area contributed by atoms with Crippen LogP contribution in [0.25, 0.3) is 0 Å². The Morgan fingerprint density at radius 1 is 1.06 bits per heavy atom. The van der Waals surface area contributed by atoms with E-state index < -0.39 is 16.0 Å². The number of benzene rings is 2. The van der Waals surface area contributed by atoms with Crippen molar-refractivity contribution in [1.29, 1.82) is 5.41 Å². The number of rotatable bonds is 5. The Morgan fingerprint density at radius 2 is 1.58 bits per heavy atom. The molecule has 1 amide bonds. The zero-order chi connectivity index (χ0) is 24.8. The van der Waals surface area contributed by atoms with E-state index in [0.29, 0.717) is 35.5 Å². The number of amidine groups is 1. The normalized spacial score (nSPS) is 14.2. The Balaban J connectivity index is 0.000000890. The molecular formula is C22H27BrN4O5S. The molecule has 4 N–H and O–H groups in total. The van der Waals surface area contributed by atoms with Crippen LogP contribution < -0.4 is 5.73 Å². The van der Waals surface area contributed by atoms with E-state index in [1.165, 1.54) is 4.31 Å². The quantitative estimate of drug-likeness (QED) is 0.394. The Kier molecular flexibility index (Phi) is 9.15. The van der Waals surface area contributed by atoms with E-state index >= 15 is 0 Å². The standard InChI is InChI=1S/C20H23BrN4O3S.C2H4O2/c1-2-14-13-17(21)7-8-18(14)29(27,28)25-11-9-24(10-12-25)20(26)16-5-3-15(4-6-16)19(22)23;1-2(3)4/h3-8,13H,2,9-12H2,1H3,(H3,22,23);1H3,(H,3,4). The molecule has 0 unspecified atom stereocenters. The third kappa shape index (κ3) is 6.86. The number of aryl methyl sites for hydroxylation is 1. The van der Waals surface area contributed by atoms with E-state index in [0.717, 1.165) is 17.0 Å². The summed E-state index contributed by atoms with van der Waals surface area (Å²) in [5, 5.41) is 14.8. The van der Waals surface area contributed by atoms with Crippen LogP contribution in [-0.2, 0) is 21.2 Å². The van der Waals surface area contributed by atoms with Gasteiger partial charge in [0.1, 0.15) is 5.84 Å². The Bertz CT molecular complexity index is 1120. The molecule has 11 heteroatoms. The van der Waals surface area contributed by atoms with Gasteiger partial charge in [0.25, 0.3) is 11.9 Å². The predicted molar refractivity (Wildman–Crippen MR) is 129 cm³/mol. The summed E-state index contributed by atoms with van der Waals surface area (Å²) in [7, 11) is -3.61. The number of amides is 1. The van der Waals surface area contributed by atoms with Gasteiger partial charge >= 0.3 is 0 Å². The molecule has 0 aliphatic carbocycles. The molecule has 0 saturated carbocycles. The molecule has 178 valence electrons. The molecule has 1 aliphatic rings. The Morgan fingerprint density at radius 3 is 2.06 bits per heavy atom.